The molecule has 0 bridgehead atoms. The summed E-state index contributed by atoms with van der Waals surface area (Å²) in [6, 6.07) is 8.73. The molecule has 0 spiro atoms. The molecule has 1 amide bonds. The lowest BCUT2D eigenvalue weighted by atomic mass is 9.97. The molecule has 0 aliphatic heterocycles. The zero-order valence-corrected chi connectivity index (χ0v) is 16.5. The minimum atomic E-state index is -1.77. The molecule has 1 aliphatic rings. The second-order valence-corrected chi connectivity index (χ2v) is 6.72. The van der Waals surface area contributed by atoms with E-state index < -0.39 is 28.1 Å². The number of aliphatic carboxylic acids is 1. The normalized spacial score (nSPS) is 19.5. The molecule has 10 heteroatoms. The fourth-order valence-corrected chi connectivity index (χ4v) is 3.52. The number of nitro groups is 1. The van der Waals surface area contributed by atoms with Crippen molar-refractivity contribution >= 4 is 23.3 Å². The van der Waals surface area contributed by atoms with Crippen LogP contribution >= 0.6 is 0 Å². The van der Waals surface area contributed by atoms with Crippen molar-refractivity contribution in [2.45, 2.75) is 12.3 Å². The summed E-state index contributed by atoms with van der Waals surface area (Å²) in [4.78, 5) is 35.5. The van der Waals surface area contributed by atoms with Gasteiger partial charge in [-0.3, -0.25) is 19.7 Å². The Morgan fingerprint density at radius 3 is 2.23 bits per heavy atom. The van der Waals surface area contributed by atoms with Gasteiger partial charge >= 0.3 is 5.97 Å². The smallest absolute Gasteiger partial charge is 0.319 e. The van der Waals surface area contributed by atoms with Gasteiger partial charge in [0.25, 0.3) is 5.69 Å². The molecule has 1 fully saturated rings. The number of rotatable bonds is 8. The van der Waals surface area contributed by atoms with Crippen LogP contribution in [0.3, 0.4) is 0 Å². The summed E-state index contributed by atoms with van der Waals surface area (Å²) in [5.74, 6) is -1.82. The minimum absolute atomic E-state index is 0.0213. The van der Waals surface area contributed by atoms with Gasteiger partial charge in [0, 0.05) is 12.0 Å². The van der Waals surface area contributed by atoms with Gasteiger partial charge in [-0.05, 0) is 30.2 Å². The lowest BCUT2D eigenvalue weighted by Gasteiger charge is -2.16. The number of amides is 1. The largest absolute Gasteiger partial charge is 0.493 e. The highest BCUT2D eigenvalue weighted by atomic mass is 16.6. The highest BCUT2D eigenvalue weighted by Crippen LogP contribution is 2.61. The third kappa shape index (κ3) is 3.36. The monoisotopic (exact) mass is 416 g/mol. The number of hydrogen-bond donors (Lipinski definition) is 2. The predicted octanol–water partition coefficient (Wildman–Crippen LogP) is 2.82. The Hall–Kier alpha value is -3.82. The molecular weight excluding hydrogens is 396 g/mol. The van der Waals surface area contributed by atoms with E-state index in [2.05, 4.69) is 5.32 Å². The molecule has 2 aromatic carbocycles. The second kappa shape index (κ2) is 7.90. The van der Waals surface area contributed by atoms with Gasteiger partial charge in [-0.15, -0.1) is 0 Å². The number of anilines is 1. The van der Waals surface area contributed by atoms with E-state index in [1.807, 2.05) is 0 Å². The number of carboxylic acid groups (broad SMARTS) is 1. The predicted molar refractivity (Wildman–Crippen MR) is 105 cm³/mol. The Kier molecular flexibility index (Phi) is 5.50. The number of nitro benzene ring substituents is 1. The average Bonchev–Trinajstić information content (AvgIpc) is 3.50. The zero-order valence-electron chi connectivity index (χ0n) is 16.5. The van der Waals surface area contributed by atoms with Crippen molar-refractivity contribution in [2.24, 2.45) is 5.41 Å². The van der Waals surface area contributed by atoms with Crippen LogP contribution in [0.4, 0.5) is 11.4 Å². The van der Waals surface area contributed by atoms with E-state index >= 15 is 0 Å². The van der Waals surface area contributed by atoms with Crippen LogP contribution < -0.4 is 19.5 Å². The first-order valence-corrected chi connectivity index (χ1v) is 8.88. The van der Waals surface area contributed by atoms with Crippen LogP contribution in [0, 0.1) is 15.5 Å². The van der Waals surface area contributed by atoms with E-state index in [9.17, 15) is 24.8 Å². The summed E-state index contributed by atoms with van der Waals surface area (Å²) in [5.41, 5.74) is -1.64. The van der Waals surface area contributed by atoms with E-state index in [1.54, 1.807) is 12.1 Å². The number of hydrogen-bond acceptors (Lipinski definition) is 7. The molecule has 2 atom stereocenters. The molecular formula is C20H20N2O8. The van der Waals surface area contributed by atoms with Gasteiger partial charge in [0.05, 0.1) is 26.3 Å². The van der Waals surface area contributed by atoms with Crippen LogP contribution in [0.2, 0.25) is 0 Å². The standard InChI is InChI=1S/C20H20N2O8/c1-28-15-8-11(9-16(29-2)17(15)30-3)12-10-20(12,19(24)25)18(23)21-13-6-4-5-7-14(13)22(26)27/h4-9,12H,10H2,1-3H3,(H,21,23)(H,24,25). The maximum absolute atomic E-state index is 12.9. The maximum atomic E-state index is 12.9. The molecule has 30 heavy (non-hydrogen) atoms. The summed E-state index contributed by atoms with van der Waals surface area (Å²) >= 11 is 0. The van der Waals surface area contributed by atoms with Crippen LogP contribution in [0.15, 0.2) is 36.4 Å². The maximum Gasteiger partial charge on any atom is 0.319 e. The van der Waals surface area contributed by atoms with Gasteiger partial charge in [-0.1, -0.05) is 12.1 Å². The second-order valence-electron chi connectivity index (χ2n) is 6.72. The van der Waals surface area contributed by atoms with Gasteiger partial charge in [0.2, 0.25) is 11.7 Å². The molecule has 2 N–H and O–H groups in total. The van der Waals surface area contributed by atoms with Crippen LogP contribution in [-0.4, -0.2) is 43.2 Å². The van der Waals surface area contributed by atoms with Gasteiger partial charge in [-0.2, -0.15) is 0 Å². The molecule has 2 unspecified atom stereocenters. The van der Waals surface area contributed by atoms with E-state index in [1.165, 1.54) is 45.6 Å². The summed E-state index contributed by atoms with van der Waals surface area (Å²) in [6.07, 6.45) is 0.0213. The first kappa shape index (κ1) is 20.9. The lowest BCUT2D eigenvalue weighted by Crippen LogP contribution is -2.33. The molecule has 1 aliphatic carbocycles. The van der Waals surface area contributed by atoms with Crippen molar-refractivity contribution in [3.63, 3.8) is 0 Å². The fourth-order valence-electron chi connectivity index (χ4n) is 3.52. The summed E-state index contributed by atoms with van der Waals surface area (Å²) in [6.45, 7) is 0. The first-order valence-electron chi connectivity index (χ1n) is 8.88. The lowest BCUT2D eigenvalue weighted by molar-refractivity contribution is -0.383. The van der Waals surface area contributed by atoms with Crippen molar-refractivity contribution in [3.05, 3.63) is 52.1 Å². The number of ether oxygens (including phenoxy) is 3. The Labute approximate surface area is 171 Å². The molecule has 2 aromatic rings. The number of carbonyl (C=O) groups excluding carboxylic acids is 1. The summed E-state index contributed by atoms with van der Waals surface area (Å²) in [7, 11) is 4.30. The summed E-state index contributed by atoms with van der Waals surface area (Å²) < 4.78 is 15.9. The zero-order chi connectivity index (χ0) is 22.1. The molecule has 0 saturated heterocycles. The van der Waals surface area contributed by atoms with Gasteiger partial charge in [-0.25, -0.2) is 0 Å². The summed E-state index contributed by atoms with van der Waals surface area (Å²) in [5, 5.41) is 23.4. The number of carboxylic acids is 1. The number of benzene rings is 2. The Morgan fingerprint density at radius 2 is 1.73 bits per heavy atom. The third-order valence-electron chi connectivity index (χ3n) is 5.19. The number of nitrogens with one attached hydrogen (secondary N) is 1. The van der Waals surface area contributed by atoms with E-state index in [0.29, 0.717) is 22.8 Å². The number of methoxy groups -OCH3 is 3. The molecule has 0 aromatic heterocycles. The molecule has 0 radical (unpaired) electrons. The van der Waals surface area contributed by atoms with Crippen LogP contribution in [0.5, 0.6) is 17.2 Å². The van der Waals surface area contributed by atoms with Gasteiger partial charge in [0.15, 0.2) is 16.9 Å². The van der Waals surface area contributed by atoms with E-state index in [4.69, 9.17) is 14.2 Å². The van der Waals surface area contributed by atoms with Crippen LogP contribution in [-0.2, 0) is 9.59 Å². The van der Waals surface area contributed by atoms with Gasteiger partial charge < -0.3 is 24.6 Å². The number of nitrogens with zero attached hydrogens (tertiary/aromatic N) is 1. The van der Waals surface area contributed by atoms with E-state index in [-0.39, 0.29) is 17.8 Å². The Balaban J connectivity index is 1.96. The first-order chi connectivity index (χ1) is 14.3. The molecule has 158 valence electrons. The average molecular weight is 416 g/mol. The SMILES string of the molecule is COc1cc(C2CC2(C(=O)O)C(=O)Nc2ccccc2[N+](=O)[O-])cc(OC)c1OC. The van der Waals surface area contributed by atoms with Crippen molar-refractivity contribution < 1.29 is 33.8 Å². The van der Waals surface area contributed by atoms with E-state index in [0.717, 1.165) is 0 Å². The van der Waals surface area contributed by atoms with Crippen molar-refractivity contribution in [2.75, 3.05) is 26.6 Å². The quantitative estimate of drug-likeness (QED) is 0.381. The van der Waals surface area contributed by atoms with Crippen LogP contribution in [0.1, 0.15) is 17.9 Å². The Bertz CT molecular complexity index is 997. The minimum Gasteiger partial charge on any atom is -0.493 e. The topological polar surface area (TPSA) is 137 Å². The van der Waals surface area contributed by atoms with Crippen molar-refractivity contribution in [1.82, 2.24) is 0 Å². The Morgan fingerprint density at radius 1 is 1.13 bits per heavy atom. The molecule has 1 saturated carbocycles. The van der Waals surface area contributed by atoms with Crippen molar-refractivity contribution in [3.8, 4) is 17.2 Å². The highest BCUT2D eigenvalue weighted by molar-refractivity contribution is 6.13. The van der Waals surface area contributed by atoms with Gasteiger partial charge in [0.1, 0.15) is 5.69 Å². The molecule has 10 nitrogen and oxygen atoms in total. The molecule has 3 rings (SSSR count). The molecule has 0 heterocycles. The van der Waals surface area contributed by atoms with Crippen molar-refractivity contribution in [1.29, 1.82) is 0 Å². The fraction of sp³-hybridized carbons (Fsp3) is 0.300. The number of carbonyl (C=O) groups is 2. The third-order valence-corrected chi connectivity index (χ3v) is 5.19. The number of para-hydroxylation sites is 2. The highest BCUT2D eigenvalue weighted by Gasteiger charge is 2.67. The van der Waals surface area contributed by atoms with Crippen LogP contribution in [0.25, 0.3) is 0 Å².